The number of piperidine rings is 2. The van der Waals surface area contributed by atoms with Crippen LogP contribution in [-0.4, -0.2) is 111 Å². The number of amides is 2. The number of nitrogens with one attached hydrogen (secondary N) is 4. The Balaban J connectivity index is 0.906. The van der Waals surface area contributed by atoms with Crippen LogP contribution in [0.2, 0.25) is 0 Å². The van der Waals surface area contributed by atoms with Gasteiger partial charge in [0.1, 0.15) is 11.5 Å². The maximum absolute atomic E-state index is 13.0. The minimum absolute atomic E-state index is 0.0188. The molecule has 3 fully saturated rings. The number of nitrogens with two attached hydrogens (primary N) is 1. The number of carbonyl (C=O) groups excluding carboxylic acids is 2. The van der Waals surface area contributed by atoms with Crippen molar-refractivity contribution in [2.24, 2.45) is 5.73 Å². The van der Waals surface area contributed by atoms with Gasteiger partial charge in [-0.3, -0.25) is 14.3 Å². The zero-order valence-electron chi connectivity index (χ0n) is 30.9. The molecule has 1 saturated carbocycles. The summed E-state index contributed by atoms with van der Waals surface area (Å²) < 4.78 is 1.90. The second kappa shape index (κ2) is 19.8. The predicted octanol–water partition coefficient (Wildman–Crippen LogP) is 3.65. The topological polar surface area (TPSA) is 171 Å². The summed E-state index contributed by atoms with van der Waals surface area (Å²) in [5, 5.41) is 23.9. The summed E-state index contributed by atoms with van der Waals surface area (Å²) >= 11 is 0. The minimum atomic E-state index is -0.609. The van der Waals surface area contributed by atoms with Gasteiger partial charge in [0.05, 0.1) is 24.3 Å². The monoisotopic (exact) mass is 716 g/mol. The molecule has 14 heteroatoms. The fourth-order valence-corrected chi connectivity index (χ4v) is 7.66. The van der Waals surface area contributed by atoms with Crippen LogP contribution in [-0.2, 0) is 22.7 Å². The van der Waals surface area contributed by atoms with Gasteiger partial charge < -0.3 is 36.8 Å². The molecule has 52 heavy (non-hydrogen) atoms. The molecule has 3 aromatic rings. The molecular weight excluding hydrogens is 656 g/mol. The van der Waals surface area contributed by atoms with Gasteiger partial charge in [0.2, 0.25) is 17.8 Å². The maximum Gasteiger partial charge on any atom is 0.239 e. The van der Waals surface area contributed by atoms with Crippen molar-refractivity contribution in [1.29, 1.82) is 0 Å². The van der Waals surface area contributed by atoms with E-state index in [9.17, 15) is 9.59 Å². The molecule has 284 valence electrons. The van der Waals surface area contributed by atoms with E-state index < -0.39 is 6.04 Å². The SMILES string of the molecule is N[C@@H](CCC(=O)N1CCC(Nc2nc(NCc3cn(CCCNCCCNC4CCCCC4)nn3)nc3ccccc23)CC1)C(=O)N1CCCCC1. The average Bonchev–Trinajstić information content (AvgIpc) is 3.65. The zero-order valence-corrected chi connectivity index (χ0v) is 30.9. The normalized spacial score (nSPS) is 18.1. The van der Waals surface area contributed by atoms with Gasteiger partial charge in [0, 0.05) is 56.6 Å². The molecule has 6 rings (SSSR count). The third kappa shape index (κ3) is 11.3. The molecule has 14 nitrogen and oxygen atoms in total. The van der Waals surface area contributed by atoms with Gasteiger partial charge in [0.25, 0.3) is 0 Å². The van der Waals surface area contributed by atoms with Gasteiger partial charge >= 0.3 is 0 Å². The van der Waals surface area contributed by atoms with Crippen LogP contribution in [0.25, 0.3) is 10.9 Å². The number of anilines is 2. The van der Waals surface area contributed by atoms with Crippen molar-refractivity contribution in [1.82, 2.24) is 45.4 Å². The summed E-state index contributed by atoms with van der Waals surface area (Å²) in [7, 11) is 0. The first-order chi connectivity index (χ1) is 25.5. The van der Waals surface area contributed by atoms with Crippen LogP contribution < -0.4 is 27.0 Å². The van der Waals surface area contributed by atoms with Crippen LogP contribution in [0.5, 0.6) is 0 Å². The Morgan fingerprint density at radius 1 is 0.846 bits per heavy atom. The van der Waals surface area contributed by atoms with E-state index >= 15 is 0 Å². The summed E-state index contributed by atoms with van der Waals surface area (Å²) in [6.07, 6.45) is 16.5. The van der Waals surface area contributed by atoms with Gasteiger partial charge in [-0.15, -0.1) is 5.10 Å². The van der Waals surface area contributed by atoms with E-state index in [1.807, 2.05) is 44.9 Å². The molecule has 3 aliphatic rings. The van der Waals surface area contributed by atoms with Crippen LogP contribution in [0.1, 0.15) is 95.6 Å². The van der Waals surface area contributed by atoms with Gasteiger partial charge in [0.15, 0.2) is 0 Å². The lowest BCUT2D eigenvalue weighted by Crippen LogP contribution is -2.47. The van der Waals surface area contributed by atoms with Crippen molar-refractivity contribution >= 4 is 34.5 Å². The number of benzene rings is 1. The molecule has 4 heterocycles. The van der Waals surface area contributed by atoms with Gasteiger partial charge in [-0.2, -0.15) is 4.98 Å². The summed E-state index contributed by atoms with van der Waals surface area (Å²) in [5.74, 6) is 1.36. The molecule has 0 bridgehead atoms. The molecule has 2 amide bonds. The summed E-state index contributed by atoms with van der Waals surface area (Å²) in [4.78, 5) is 39.1. The number of carbonyl (C=O) groups is 2. The minimum Gasteiger partial charge on any atom is -0.367 e. The molecule has 1 aromatic carbocycles. The Morgan fingerprint density at radius 2 is 1.62 bits per heavy atom. The van der Waals surface area contributed by atoms with E-state index in [0.29, 0.717) is 38.4 Å². The van der Waals surface area contributed by atoms with Crippen LogP contribution >= 0.6 is 0 Å². The number of aryl methyl sites for hydroxylation is 1. The third-order valence-corrected chi connectivity index (χ3v) is 10.8. The van der Waals surface area contributed by atoms with E-state index in [-0.39, 0.29) is 17.9 Å². The van der Waals surface area contributed by atoms with Crippen molar-refractivity contribution < 1.29 is 9.59 Å². The number of rotatable bonds is 18. The summed E-state index contributed by atoms with van der Waals surface area (Å²) in [5.41, 5.74) is 7.89. The average molecular weight is 717 g/mol. The standard InChI is InChI=1S/C38H60N12O2/c39-33(37(52)49-22-7-2-8-23-49)15-16-35(51)48-25-17-30(18-26-48)43-36-32-13-5-6-14-34(32)44-38(45-36)42-27-31-28-50(47-46-31)24-10-20-40-19-9-21-41-29-11-3-1-4-12-29/h5-6,13-14,28-30,33,40-41H,1-4,7-12,15-27,39H2,(H2,42,43,44,45)/t33-/m0/s1. The van der Waals surface area contributed by atoms with Gasteiger partial charge in [-0.25, -0.2) is 4.98 Å². The first-order valence-electron chi connectivity index (χ1n) is 19.9. The molecule has 2 aliphatic heterocycles. The number of para-hydroxylation sites is 1. The first kappa shape index (κ1) is 37.9. The highest BCUT2D eigenvalue weighted by atomic mass is 16.2. The molecular formula is C38H60N12O2. The Labute approximate surface area is 308 Å². The highest BCUT2D eigenvalue weighted by Crippen LogP contribution is 2.25. The van der Waals surface area contributed by atoms with E-state index in [1.165, 1.54) is 32.1 Å². The molecule has 1 atom stereocenters. The number of hydrogen-bond donors (Lipinski definition) is 5. The number of nitrogens with zero attached hydrogens (tertiary/aromatic N) is 7. The van der Waals surface area contributed by atoms with E-state index in [4.69, 9.17) is 15.7 Å². The second-order valence-electron chi connectivity index (χ2n) is 14.8. The fourth-order valence-electron chi connectivity index (χ4n) is 7.66. The van der Waals surface area contributed by atoms with Crippen LogP contribution in [0.3, 0.4) is 0 Å². The van der Waals surface area contributed by atoms with Crippen LogP contribution in [0, 0.1) is 0 Å². The predicted molar refractivity (Wildman–Crippen MR) is 205 cm³/mol. The van der Waals surface area contributed by atoms with Crippen molar-refractivity contribution in [3.05, 3.63) is 36.2 Å². The molecule has 0 radical (unpaired) electrons. The highest BCUT2D eigenvalue weighted by molar-refractivity contribution is 5.90. The van der Waals surface area contributed by atoms with E-state index in [0.717, 1.165) is 113 Å². The Morgan fingerprint density at radius 3 is 2.44 bits per heavy atom. The van der Waals surface area contributed by atoms with Gasteiger partial charge in [-0.1, -0.05) is 36.6 Å². The smallest absolute Gasteiger partial charge is 0.239 e. The largest absolute Gasteiger partial charge is 0.367 e. The van der Waals surface area contributed by atoms with Crippen molar-refractivity contribution in [2.45, 2.75) is 121 Å². The van der Waals surface area contributed by atoms with Crippen molar-refractivity contribution in [2.75, 3.05) is 56.4 Å². The summed E-state index contributed by atoms with van der Waals surface area (Å²) in [6, 6.07) is 8.29. The molecule has 0 spiro atoms. The molecule has 2 saturated heterocycles. The lowest BCUT2D eigenvalue weighted by molar-refractivity contribution is -0.134. The Bertz CT molecular complexity index is 1550. The van der Waals surface area contributed by atoms with E-state index in [2.05, 4.69) is 31.6 Å². The second-order valence-corrected chi connectivity index (χ2v) is 14.8. The van der Waals surface area contributed by atoms with Crippen molar-refractivity contribution in [3.63, 3.8) is 0 Å². The lowest BCUT2D eigenvalue weighted by Gasteiger charge is -2.33. The first-order valence-corrected chi connectivity index (χ1v) is 19.9. The molecule has 6 N–H and O–H groups in total. The van der Waals surface area contributed by atoms with Crippen molar-refractivity contribution in [3.8, 4) is 0 Å². The number of likely N-dealkylation sites (tertiary alicyclic amines) is 2. The highest BCUT2D eigenvalue weighted by Gasteiger charge is 2.27. The maximum atomic E-state index is 13.0. The summed E-state index contributed by atoms with van der Waals surface area (Å²) in [6.45, 7) is 7.25. The fraction of sp³-hybridized carbons (Fsp3) is 0.684. The molecule has 2 aromatic heterocycles. The number of fused-ring (bicyclic) bond motifs is 1. The molecule has 1 aliphatic carbocycles. The number of hydrogen-bond acceptors (Lipinski definition) is 11. The van der Waals surface area contributed by atoms with Crippen LogP contribution in [0.15, 0.2) is 30.5 Å². The van der Waals surface area contributed by atoms with Gasteiger partial charge in [-0.05, 0) is 96.0 Å². The third-order valence-electron chi connectivity index (χ3n) is 10.8. The number of aromatic nitrogens is 5. The lowest BCUT2D eigenvalue weighted by atomic mass is 9.95. The van der Waals surface area contributed by atoms with Crippen LogP contribution in [0.4, 0.5) is 11.8 Å². The molecule has 0 unspecified atom stereocenters. The quantitative estimate of drug-likeness (QED) is 0.122. The Hall–Kier alpha value is -3.88. The van der Waals surface area contributed by atoms with E-state index in [1.54, 1.807) is 0 Å². The Kier molecular flexibility index (Phi) is 14.4. The zero-order chi connectivity index (χ0) is 36.0.